The van der Waals surface area contributed by atoms with Gasteiger partial charge >= 0.3 is 6.09 Å². The number of benzene rings is 3. The number of aromatic hydroxyl groups is 1. The number of rotatable bonds is 16. The Balaban J connectivity index is 0.919. The van der Waals surface area contributed by atoms with E-state index >= 15 is 0 Å². The van der Waals surface area contributed by atoms with Crippen LogP contribution in [0.25, 0.3) is 10.9 Å². The Morgan fingerprint density at radius 1 is 1.02 bits per heavy atom. The van der Waals surface area contributed by atoms with Gasteiger partial charge in [0.2, 0.25) is 5.56 Å². The Bertz CT molecular complexity index is 2220. The van der Waals surface area contributed by atoms with Crippen molar-refractivity contribution in [3.05, 3.63) is 123 Å². The number of fused-ring (bicyclic) bond motifs is 4. The molecule has 5 aromatic rings. The number of aromatic nitrogens is 3. The molecule has 2 bridgehead atoms. The second-order valence-electron chi connectivity index (χ2n) is 14.8. The number of phenolic OH excluding ortho intramolecular Hbond substituents is 1. The van der Waals surface area contributed by atoms with Crippen molar-refractivity contribution in [1.29, 1.82) is 0 Å². The summed E-state index contributed by atoms with van der Waals surface area (Å²) in [6.45, 7) is 6.80. The van der Waals surface area contributed by atoms with E-state index in [0.29, 0.717) is 60.1 Å². The minimum absolute atomic E-state index is 0.0599. The number of aliphatic hydroxyl groups is 1. The fourth-order valence-electron chi connectivity index (χ4n) is 7.94. The van der Waals surface area contributed by atoms with E-state index in [0.717, 1.165) is 43.6 Å². The van der Waals surface area contributed by atoms with Crippen molar-refractivity contribution in [2.24, 2.45) is 13.0 Å². The maximum Gasteiger partial charge on any atom is 0.408 e. The zero-order chi connectivity index (χ0) is 39.9. The molecule has 2 amide bonds. The average Bonchev–Trinajstić information content (AvgIpc) is 3.61. The summed E-state index contributed by atoms with van der Waals surface area (Å²) in [5.74, 6) is 0.800. The summed E-state index contributed by atoms with van der Waals surface area (Å²) in [6, 6.07) is 24.7. The number of nitrogens with zero attached hydrogens (tertiary/aromatic N) is 4. The zero-order valence-electron chi connectivity index (χ0n) is 32.4. The molecule has 0 aliphatic carbocycles. The van der Waals surface area contributed by atoms with Gasteiger partial charge in [-0.3, -0.25) is 19.2 Å². The number of aromatic amines is 1. The second-order valence-corrected chi connectivity index (χ2v) is 14.8. The van der Waals surface area contributed by atoms with Crippen molar-refractivity contribution in [1.82, 2.24) is 35.2 Å². The molecule has 5 heterocycles. The molecule has 2 aromatic heterocycles. The van der Waals surface area contributed by atoms with Gasteiger partial charge in [0.1, 0.15) is 35.6 Å². The highest BCUT2D eigenvalue weighted by molar-refractivity contribution is 5.92. The van der Waals surface area contributed by atoms with Gasteiger partial charge in [-0.25, -0.2) is 4.79 Å². The third-order valence-electron chi connectivity index (χ3n) is 11.0. The van der Waals surface area contributed by atoms with Crippen LogP contribution in [-0.4, -0.2) is 98.7 Å². The molecule has 8 rings (SSSR count). The molecule has 57 heavy (non-hydrogen) atoms. The maximum absolute atomic E-state index is 13.6. The van der Waals surface area contributed by atoms with Gasteiger partial charge < -0.3 is 40.2 Å². The summed E-state index contributed by atoms with van der Waals surface area (Å²) in [4.78, 5) is 45.3. The summed E-state index contributed by atoms with van der Waals surface area (Å²) < 4.78 is 13.7. The topological polar surface area (TPSA) is 174 Å². The number of pyridine rings is 1. The van der Waals surface area contributed by atoms with E-state index in [1.165, 1.54) is 12.1 Å². The fraction of sp³-hybridized carbons (Fsp3) is 0.395. The van der Waals surface area contributed by atoms with Crippen molar-refractivity contribution >= 4 is 22.9 Å². The predicted molar refractivity (Wildman–Crippen MR) is 215 cm³/mol. The number of hydrogen-bond donors (Lipinski definition) is 5. The first-order chi connectivity index (χ1) is 27.7. The van der Waals surface area contributed by atoms with Gasteiger partial charge in [-0.05, 0) is 98.8 Å². The highest BCUT2D eigenvalue weighted by Gasteiger charge is 2.37. The molecule has 300 valence electrons. The lowest BCUT2D eigenvalue weighted by molar-refractivity contribution is -0.0336. The van der Waals surface area contributed by atoms with Gasteiger partial charge in [-0.2, -0.15) is 5.10 Å². The molecule has 0 saturated carbocycles. The minimum Gasteiger partial charge on any atom is -0.506 e. The van der Waals surface area contributed by atoms with Crippen molar-refractivity contribution in [3.63, 3.8) is 0 Å². The van der Waals surface area contributed by atoms with Gasteiger partial charge in [0.25, 0.3) is 5.91 Å². The Labute approximate surface area is 331 Å². The summed E-state index contributed by atoms with van der Waals surface area (Å²) in [6.07, 6.45) is 1.36. The number of aliphatic hydroxyl groups excluding tert-OH is 1. The third-order valence-corrected chi connectivity index (χ3v) is 11.0. The van der Waals surface area contributed by atoms with Crippen LogP contribution in [0.15, 0.2) is 89.7 Å². The molecule has 0 spiro atoms. The molecular weight excluding hydrogens is 727 g/mol. The molecule has 3 fully saturated rings. The van der Waals surface area contributed by atoms with Crippen LogP contribution in [0.2, 0.25) is 0 Å². The maximum atomic E-state index is 13.6. The number of amides is 2. The quantitative estimate of drug-likeness (QED) is 0.0890. The molecule has 3 aliphatic rings. The SMILES string of the molecule is CCN(CCCNCC(O)c1ccc(O)c2[nH]c(=O)ccc12)C(=O)c1cc(COc2cccc(C(NC(=O)OC3CN4CCC3CC4)c3ccccc3)c2)nn1C. The number of alkyl carbamates (subject to hydrolysis) is 1. The van der Waals surface area contributed by atoms with Gasteiger partial charge in [0, 0.05) is 44.7 Å². The Hall–Kier alpha value is -5.70. The van der Waals surface area contributed by atoms with Crippen LogP contribution in [0.1, 0.15) is 71.2 Å². The monoisotopic (exact) mass is 777 g/mol. The number of hydrogen-bond acceptors (Lipinski definition) is 10. The van der Waals surface area contributed by atoms with Crippen molar-refractivity contribution in [3.8, 4) is 11.5 Å². The van der Waals surface area contributed by atoms with Crippen LogP contribution < -0.4 is 20.9 Å². The number of nitrogens with one attached hydrogen (secondary N) is 3. The van der Waals surface area contributed by atoms with Crippen molar-refractivity contribution in [2.75, 3.05) is 45.8 Å². The first kappa shape index (κ1) is 39.5. The van der Waals surface area contributed by atoms with E-state index in [1.807, 2.05) is 61.5 Å². The number of aryl methyl sites for hydroxylation is 1. The van der Waals surface area contributed by atoms with Crippen LogP contribution in [0.4, 0.5) is 4.79 Å². The number of carbonyl (C=O) groups is 2. The third kappa shape index (κ3) is 9.47. The lowest BCUT2D eigenvalue weighted by atomic mass is 9.86. The highest BCUT2D eigenvalue weighted by atomic mass is 16.6. The molecule has 14 nitrogen and oxygen atoms in total. The summed E-state index contributed by atoms with van der Waals surface area (Å²) >= 11 is 0. The molecule has 3 atom stereocenters. The van der Waals surface area contributed by atoms with Gasteiger partial charge in [0.15, 0.2) is 0 Å². The standard InChI is InChI=1S/C43H51N7O7/c1-3-50(20-8-19-44-25-37(52)33-13-15-36(51)41-34(33)14-16-39(53)45-41)42(54)35-24-31(47-48(35)2)27-56-32-12-7-11-30(23-32)40(29-9-5-4-6-10-29)46-43(55)57-38-26-49-21-17-28(38)18-22-49/h4-7,9-16,23-24,28,37-38,40,44,51-52H,3,8,17-22,25-27H2,1-2H3,(H,45,53)(H,46,55). The summed E-state index contributed by atoms with van der Waals surface area (Å²) in [7, 11) is 1.74. The first-order valence-electron chi connectivity index (χ1n) is 19.7. The van der Waals surface area contributed by atoms with Crippen LogP contribution >= 0.6 is 0 Å². The first-order valence-corrected chi connectivity index (χ1v) is 19.7. The zero-order valence-corrected chi connectivity index (χ0v) is 32.4. The Morgan fingerprint density at radius 3 is 2.56 bits per heavy atom. The Kier molecular flexibility index (Phi) is 12.5. The average molecular weight is 778 g/mol. The molecule has 14 heteroatoms. The van der Waals surface area contributed by atoms with E-state index in [2.05, 4.69) is 25.6 Å². The number of ether oxygens (including phenoxy) is 2. The second kappa shape index (κ2) is 18.0. The molecule has 5 N–H and O–H groups in total. The van der Waals surface area contributed by atoms with Gasteiger partial charge in [-0.15, -0.1) is 0 Å². The van der Waals surface area contributed by atoms with Crippen LogP contribution in [-0.2, 0) is 18.4 Å². The number of carbonyl (C=O) groups excluding carboxylic acids is 2. The van der Waals surface area contributed by atoms with E-state index in [1.54, 1.807) is 34.8 Å². The molecule has 3 unspecified atom stereocenters. The van der Waals surface area contributed by atoms with E-state index in [-0.39, 0.29) is 42.0 Å². The molecule has 0 radical (unpaired) electrons. The van der Waals surface area contributed by atoms with Crippen LogP contribution in [0, 0.1) is 5.92 Å². The van der Waals surface area contributed by atoms with E-state index < -0.39 is 18.2 Å². The molecule has 3 saturated heterocycles. The Morgan fingerprint density at radius 2 is 1.81 bits per heavy atom. The van der Waals surface area contributed by atoms with E-state index in [4.69, 9.17) is 9.47 Å². The molecule has 3 aromatic carbocycles. The highest BCUT2D eigenvalue weighted by Crippen LogP contribution is 2.31. The summed E-state index contributed by atoms with van der Waals surface area (Å²) in [5.41, 5.74) is 3.35. The van der Waals surface area contributed by atoms with Crippen LogP contribution in [0.3, 0.4) is 0 Å². The van der Waals surface area contributed by atoms with Crippen molar-refractivity contribution in [2.45, 2.75) is 51.0 Å². The molecule has 3 aliphatic heterocycles. The molecular formula is C43H51N7O7. The lowest BCUT2D eigenvalue weighted by Crippen LogP contribution is -2.52. The predicted octanol–water partition coefficient (Wildman–Crippen LogP) is 4.63. The minimum atomic E-state index is -0.870. The number of phenols is 1. The van der Waals surface area contributed by atoms with Crippen LogP contribution in [0.5, 0.6) is 11.5 Å². The van der Waals surface area contributed by atoms with Crippen molar-refractivity contribution < 1.29 is 29.3 Å². The number of piperidine rings is 3. The lowest BCUT2D eigenvalue weighted by Gasteiger charge is -2.43. The normalized spacial score (nSPS) is 18.5. The largest absolute Gasteiger partial charge is 0.506 e. The van der Waals surface area contributed by atoms with Gasteiger partial charge in [-0.1, -0.05) is 48.5 Å². The number of H-pyrrole nitrogens is 1. The smallest absolute Gasteiger partial charge is 0.408 e. The van der Waals surface area contributed by atoms with Gasteiger partial charge in [0.05, 0.1) is 17.7 Å². The summed E-state index contributed by atoms with van der Waals surface area (Å²) in [5, 5.41) is 32.5. The fourth-order valence-corrected chi connectivity index (χ4v) is 7.94. The van der Waals surface area contributed by atoms with E-state index in [9.17, 15) is 24.6 Å².